The standard InChI is InChI=1S/C21H17ClN6/c1-13-9-16(11-17(22)24-13)19-20(15-6-4-5-14(10-15)12-23)26-28-8-7-18(27(2)3)25-21(19)28/h4-11H,1-3H3. The molecule has 6 nitrogen and oxygen atoms in total. The highest BCUT2D eigenvalue weighted by Crippen LogP contribution is 2.36. The smallest absolute Gasteiger partial charge is 0.165 e. The largest absolute Gasteiger partial charge is 0.363 e. The molecule has 4 rings (SSSR count). The Morgan fingerprint density at radius 2 is 1.89 bits per heavy atom. The first kappa shape index (κ1) is 18.0. The van der Waals surface area contributed by atoms with Gasteiger partial charge in [0, 0.05) is 31.5 Å². The van der Waals surface area contributed by atoms with E-state index in [9.17, 15) is 5.26 Å². The van der Waals surface area contributed by atoms with E-state index in [-0.39, 0.29) is 0 Å². The minimum Gasteiger partial charge on any atom is -0.363 e. The van der Waals surface area contributed by atoms with Crippen molar-refractivity contribution in [2.45, 2.75) is 6.92 Å². The lowest BCUT2D eigenvalue weighted by atomic mass is 10.00. The number of aryl methyl sites for hydroxylation is 1. The molecule has 0 saturated carbocycles. The normalized spacial score (nSPS) is 10.8. The second kappa shape index (κ2) is 6.95. The van der Waals surface area contributed by atoms with E-state index in [0.29, 0.717) is 16.4 Å². The van der Waals surface area contributed by atoms with Gasteiger partial charge in [-0.15, -0.1) is 0 Å². The summed E-state index contributed by atoms with van der Waals surface area (Å²) in [7, 11) is 3.89. The second-order valence-electron chi connectivity index (χ2n) is 6.68. The van der Waals surface area contributed by atoms with Gasteiger partial charge < -0.3 is 4.90 Å². The Morgan fingerprint density at radius 1 is 1.07 bits per heavy atom. The number of benzene rings is 1. The zero-order valence-corrected chi connectivity index (χ0v) is 16.4. The summed E-state index contributed by atoms with van der Waals surface area (Å²) in [6.45, 7) is 1.90. The van der Waals surface area contributed by atoms with Crippen LogP contribution in [0.25, 0.3) is 28.0 Å². The topological polar surface area (TPSA) is 70.1 Å². The first-order valence-electron chi connectivity index (χ1n) is 8.68. The van der Waals surface area contributed by atoms with Crippen LogP contribution >= 0.6 is 11.6 Å². The molecule has 0 saturated heterocycles. The summed E-state index contributed by atoms with van der Waals surface area (Å²) < 4.78 is 1.75. The quantitative estimate of drug-likeness (QED) is 0.488. The van der Waals surface area contributed by atoms with Crippen molar-refractivity contribution in [1.29, 1.82) is 5.26 Å². The molecule has 3 heterocycles. The van der Waals surface area contributed by atoms with Crippen molar-refractivity contribution in [2.75, 3.05) is 19.0 Å². The number of hydrogen-bond acceptors (Lipinski definition) is 5. The average molecular weight is 389 g/mol. The van der Waals surface area contributed by atoms with Crippen molar-refractivity contribution in [2.24, 2.45) is 0 Å². The summed E-state index contributed by atoms with van der Waals surface area (Å²) in [5.41, 5.74) is 5.41. The van der Waals surface area contributed by atoms with Crippen LogP contribution in [0, 0.1) is 18.3 Å². The van der Waals surface area contributed by atoms with Gasteiger partial charge in [0.05, 0.1) is 17.2 Å². The highest BCUT2D eigenvalue weighted by Gasteiger charge is 2.19. The van der Waals surface area contributed by atoms with Crippen LogP contribution in [0.1, 0.15) is 11.3 Å². The fourth-order valence-corrected chi connectivity index (χ4v) is 3.40. The summed E-state index contributed by atoms with van der Waals surface area (Å²) >= 11 is 6.24. The Kier molecular flexibility index (Phi) is 4.46. The van der Waals surface area contributed by atoms with Crippen molar-refractivity contribution >= 4 is 23.1 Å². The fraction of sp³-hybridized carbons (Fsp3) is 0.143. The predicted octanol–water partition coefficient (Wildman–Crippen LogP) is 4.36. The van der Waals surface area contributed by atoms with Gasteiger partial charge in [-0.2, -0.15) is 10.4 Å². The van der Waals surface area contributed by atoms with Crippen LogP contribution in [0.15, 0.2) is 48.7 Å². The number of aromatic nitrogens is 4. The first-order valence-corrected chi connectivity index (χ1v) is 9.06. The summed E-state index contributed by atoms with van der Waals surface area (Å²) in [6, 6.07) is 15.3. The molecule has 0 fully saturated rings. The molecule has 0 N–H and O–H groups in total. The third-order valence-electron chi connectivity index (χ3n) is 4.40. The monoisotopic (exact) mass is 388 g/mol. The van der Waals surface area contributed by atoms with Gasteiger partial charge in [-0.3, -0.25) is 0 Å². The van der Waals surface area contributed by atoms with Crippen LogP contribution in [-0.2, 0) is 0 Å². The first-order chi connectivity index (χ1) is 13.5. The maximum absolute atomic E-state index is 9.29. The minimum absolute atomic E-state index is 0.412. The highest BCUT2D eigenvalue weighted by atomic mass is 35.5. The molecule has 0 aliphatic heterocycles. The summed E-state index contributed by atoms with van der Waals surface area (Å²) in [4.78, 5) is 11.0. The van der Waals surface area contributed by atoms with Crippen LogP contribution in [0.5, 0.6) is 0 Å². The van der Waals surface area contributed by atoms with Crippen LogP contribution in [-0.4, -0.2) is 33.7 Å². The van der Waals surface area contributed by atoms with E-state index in [4.69, 9.17) is 21.7 Å². The number of anilines is 1. The highest BCUT2D eigenvalue weighted by molar-refractivity contribution is 6.29. The van der Waals surface area contributed by atoms with Gasteiger partial charge in [0.15, 0.2) is 5.65 Å². The lowest BCUT2D eigenvalue weighted by Crippen LogP contribution is -2.11. The number of fused-ring (bicyclic) bond motifs is 1. The maximum Gasteiger partial charge on any atom is 0.165 e. The van der Waals surface area contributed by atoms with Crippen LogP contribution in [0.2, 0.25) is 5.15 Å². The van der Waals surface area contributed by atoms with Crippen molar-refractivity contribution in [3.05, 3.63) is 65.1 Å². The number of pyridine rings is 1. The molecule has 0 aliphatic rings. The molecule has 0 amide bonds. The number of nitrogens with zero attached hydrogens (tertiary/aromatic N) is 6. The number of hydrogen-bond donors (Lipinski definition) is 0. The van der Waals surface area contributed by atoms with E-state index >= 15 is 0 Å². The average Bonchev–Trinajstić information content (AvgIpc) is 3.06. The summed E-state index contributed by atoms with van der Waals surface area (Å²) in [5, 5.41) is 14.5. The van der Waals surface area contributed by atoms with Gasteiger partial charge in [0.1, 0.15) is 16.7 Å². The SMILES string of the molecule is Cc1cc(-c2c(-c3cccc(C#N)c3)nn3ccc(N(C)C)nc23)cc(Cl)n1. The van der Waals surface area contributed by atoms with Gasteiger partial charge in [-0.05, 0) is 42.8 Å². The Morgan fingerprint density at radius 3 is 2.61 bits per heavy atom. The Bertz CT molecular complexity index is 1220. The Labute approximate surface area is 167 Å². The fourth-order valence-electron chi connectivity index (χ4n) is 3.15. The van der Waals surface area contributed by atoms with Crippen molar-refractivity contribution in [3.8, 4) is 28.5 Å². The molecule has 4 aromatic rings. The van der Waals surface area contributed by atoms with Gasteiger partial charge >= 0.3 is 0 Å². The minimum atomic E-state index is 0.412. The molecule has 0 spiro atoms. The number of halogens is 1. The second-order valence-corrected chi connectivity index (χ2v) is 7.07. The van der Waals surface area contributed by atoms with E-state index in [0.717, 1.165) is 33.9 Å². The van der Waals surface area contributed by atoms with E-state index in [2.05, 4.69) is 11.1 Å². The molecule has 0 aliphatic carbocycles. The molecule has 0 unspecified atom stereocenters. The lowest BCUT2D eigenvalue weighted by molar-refractivity contribution is 0.931. The number of rotatable bonds is 3. The molecular formula is C21H17ClN6. The van der Waals surface area contributed by atoms with E-state index in [1.165, 1.54) is 0 Å². The molecule has 0 bridgehead atoms. The lowest BCUT2D eigenvalue weighted by Gasteiger charge is -2.11. The molecule has 1 aromatic carbocycles. The Balaban J connectivity index is 2.07. The third kappa shape index (κ3) is 3.17. The van der Waals surface area contributed by atoms with E-state index < -0.39 is 0 Å². The van der Waals surface area contributed by atoms with Crippen LogP contribution < -0.4 is 4.90 Å². The van der Waals surface area contributed by atoms with Crippen LogP contribution in [0.3, 0.4) is 0 Å². The zero-order chi connectivity index (χ0) is 19.8. The molecule has 0 atom stereocenters. The summed E-state index contributed by atoms with van der Waals surface area (Å²) in [5.74, 6) is 0.822. The van der Waals surface area contributed by atoms with Crippen molar-refractivity contribution in [3.63, 3.8) is 0 Å². The maximum atomic E-state index is 9.29. The zero-order valence-electron chi connectivity index (χ0n) is 15.7. The molecule has 3 aromatic heterocycles. The van der Waals surface area contributed by atoms with Gasteiger partial charge in [-0.25, -0.2) is 14.5 Å². The third-order valence-corrected chi connectivity index (χ3v) is 4.60. The van der Waals surface area contributed by atoms with E-state index in [1.54, 1.807) is 10.6 Å². The molecule has 138 valence electrons. The molecule has 28 heavy (non-hydrogen) atoms. The van der Waals surface area contributed by atoms with Crippen molar-refractivity contribution < 1.29 is 0 Å². The van der Waals surface area contributed by atoms with Gasteiger partial charge in [-0.1, -0.05) is 23.7 Å². The molecule has 7 heteroatoms. The van der Waals surface area contributed by atoms with Crippen LogP contribution in [0.4, 0.5) is 5.82 Å². The summed E-state index contributed by atoms with van der Waals surface area (Å²) in [6.07, 6.45) is 1.88. The van der Waals surface area contributed by atoms with Gasteiger partial charge in [0.2, 0.25) is 0 Å². The van der Waals surface area contributed by atoms with Crippen molar-refractivity contribution in [1.82, 2.24) is 19.6 Å². The van der Waals surface area contributed by atoms with Gasteiger partial charge in [0.25, 0.3) is 0 Å². The predicted molar refractivity (Wildman–Crippen MR) is 110 cm³/mol. The number of nitriles is 1. The molecular weight excluding hydrogens is 372 g/mol. The van der Waals surface area contributed by atoms with E-state index in [1.807, 2.05) is 68.5 Å². The Hall–Kier alpha value is -3.43. The molecule has 0 radical (unpaired) electrons.